The number of aromatic nitrogens is 1. The van der Waals surface area contributed by atoms with E-state index in [1.54, 1.807) is 0 Å². The molecule has 7 heteroatoms. The highest BCUT2D eigenvalue weighted by Gasteiger charge is 2.32. The Kier molecular flexibility index (Phi) is 5.77. The highest BCUT2D eigenvalue weighted by Crippen LogP contribution is 2.29. The van der Waals surface area contributed by atoms with Crippen molar-refractivity contribution in [2.75, 3.05) is 49.1 Å². The van der Waals surface area contributed by atoms with Gasteiger partial charge >= 0.3 is 0 Å². The van der Waals surface area contributed by atoms with Gasteiger partial charge in [0.1, 0.15) is 0 Å². The Hall–Kier alpha value is -2.12. The topological polar surface area (TPSA) is 62.6 Å². The Balaban J connectivity index is 1.41. The lowest BCUT2D eigenvalue weighted by Gasteiger charge is -2.36. The summed E-state index contributed by atoms with van der Waals surface area (Å²) in [6.45, 7) is 10.0. The molecule has 0 unspecified atom stereocenters. The average molecular weight is 430 g/mol. The summed E-state index contributed by atoms with van der Waals surface area (Å²) in [5.74, 6) is 0.542. The third-order valence-electron chi connectivity index (χ3n) is 6.55. The maximum Gasteiger partial charge on any atom is 0.178 e. The van der Waals surface area contributed by atoms with E-state index in [1.807, 2.05) is 19.9 Å². The van der Waals surface area contributed by atoms with E-state index in [0.29, 0.717) is 13.0 Å². The van der Waals surface area contributed by atoms with Gasteiger partial charge in [0.25, 0.3) is 0 Å². The van der Waals surface area contributed by atoms with Crippen LogP contribution < -0.4 is 4.90 Å². The van der Waals surface area contributed by atoms with Crippen molar-refractivity contribution in [3.63, 3.8) is 0 Å². The zero-order valence-electron chi connectivity index (χ0n) is 18.1. The molecule has 0 radical (unpaired) electrons. The second-order valence-corrected chi connectivity index (χ2v) is 10.9. The van der Waals surface area contributed by atoms with Crippen LogP contribution in [-0.4, -0.2) is 67.9 Å². The number of anilines is 1. The fourth-order valence-corrected chi connectivity index (χ4v) is 6.65. The number of para-hydroxylation sites is 1. The maximum absolute atomic E-state index is 13.1. The zero-order valence-corrected chi connectivity index (χ0v) is 18.9. The number of carbonyl (C=O) groups is 1. The van der Waals surface area contributed by atoms with Crippen LogP contribution in [0.2, 0.25) is 0 Å². The second-order valence-electron chi connectivity index (χ2n) is 8.68. The first-order valence-corrected chi connectivity index (χ1v) is 12.5. The van der Waals surface area contributed by atoms with Crippen LogP contribution in [-0.2, 0) is 9.84 Å². The maximum atomic E-state index is 13.1. The number of hydrogen-bond donors (Lipinski definition) is 0. The molecular formula is C23H31N3O3S. The van der Waals surface area contributed by atoms with Crippen molar-refractivity contribution in [3.05, 3.63) is 52.8 Å². The summed E-state index contributed by atoms with van der Waals surface area (Å²) < 4.78 is 25.9. The number of piperazine rings is 1. The fourth-order valence-electron chi connectivity index (χ4n) is 4.95. The van der Waals surface area contributed by atoms with E-state index in [0.717, 1.165) is 43.1 Å². The molecule has 3 heterocycles. The number of sulfone groups is 1. The van der Waals surface area contributed by atoms with Crippen molar-refractivity contribution >= 4 is 21.3 Å². The molecule has 2 aliphatic rings. The van der Waals surface area contributed by atoms with Crippen LogP contribution in [0.3, 0.4) is 0 Å². The van der Waals surface area contributed by atoms with Gasteiger partial charge in [-0.1, -0.05) is 18.2 Å². The fraction of sp³-hybridized carbons (Fsp3) is 0.522. The molecule has 0 spiro atoms. The van der Waals surface area contributed by atoms with Gasteiger partial charge in [-0.15, -0.1) is 0 Å². The van der Waals surface area contributed by atoms with Gasteiger partial charge in [-0.3, -0.25) is 9.69 Å². The third kappa shape index (κ3) is 4.18. The van der Waals surface area contributed by atoms with E-state index in [1.165, 1.54) is 11.3 Å². The summed E-state index contributed by atoms with van der Waals surface area (Å²) in [6, 6.07) is 10.3. The smallest absolute Gasteiger partial charge is 0.178 e. The summed E-state index contributed by atoms with van der Waals surface area (Å²) in [7, 11) is -2.96. The number of rotatable bonds is 5. The number of aryl methyl sites for hydroxylation is 2. The summed E-state index contributed by atoms with van der Waals surface area (Å²) in [4.78, 5) is 17.7. The molecule has 0 saturated carbocycles. The van der Waals surface area contributed by atoms with Crippen molar-refractivity contribution in [2.24, 2.45) is 0 Å². The van der Waals surface area contributed by atoms with Crippen molar-refractivity contribution in [1.82, 2.24) is 9.47 Å². The monoisotopic (exact) mass is 429 g/mol. The number of Topliss-reactive ketones (excluding diaryl/α,β-unsaturated/α-hetero) is 1. The molecule has 2 fully saturated rings. The predicted molar refractivity (Wildman–Crippen MR) is 120 cm³/mol. The highest BCUT2D eigenvalue weighted by molar-refractivity contribution is 7.91. The van der Waals surface area contributed by atoms with Crippen molar-refractivity contribution < 1.29 is 13.2 Å². The van der Waals surface area contributed by atoms with Crippen LogP contribution in [0.25, 0.3) is 0 Å². The summed E-state index contributed by atoms with van der Waals surface area (Å²) in [5, 5.41) is 0. The van der Waals surface area contributed by atoms with Crippen LogP contribution in [0.15, 0.2) is 30.3 Å². The lowest BCUT2D eigenvalue weighted by atomic mass is 10.1. The number of benzene rings is 1. The van der Waals surface area contributed by atoms with Gasteiger partial charge in [-0.2, -0.15) is 0 Å². The Bertz CT molecular complexity index is 1050. The Morgan fingerprint density at radius 3 is 2.40 bits per heavy atom. The molecule has 0 amide bonds. The van der Waals surface area contributed by atoms with Crippen molar-refractivity contribution in [3.8, 4) is 0 Å². The summed E-state index contributed by atoms with van der Waals surface area (Å²) in [5.41, 5.74) is 5.17. The lowest BCUT2D eigenvalue weighted by Crippen LogP contribution is -2.48. The molecule has 162 valence electrons. The SMILES string of the molecule is Cc1ccccc1N1CCN(CC(=O)c2cc(C)n([C@H]3CCS(=O)(=O)C3)c2C)CC1. The first-order valence-electron chi connectivity index (χ1n) is 10.7. The molecule has 2 saturated heterocycles. The number of carbonyl (C=O) groups excluding carboxylic acids is 1. The summed E-state index contributed by atoms with van der Waals surface area (Å²) in [6.07, 6.45) is 0.632. The Labute approximate surface area is 179 Å². The van der Waals surface area contributed by atoms with Gasteiger partial charge in [0, 0.05) is 54.9 Å². The molecule has 6 nitrogen and oxygen atoms in total. The zero-order chi connectivity index (χ0) is 21.5. The minimum atomic E-state index is -2.96. The van der Waals surface area contributed by atoms with Gasteiger partial charge in [0.15, 0.2) is 15.6 Å². The first-order chi connectivity index (χ1) is 14.2. The van der Waals surface area contributed by atoms with Gasteiger partial charge < -0.3 is 9.47 Å². The van der Waals surface area contributed by atoms with Crippen LogP contribution >= 0.6 is 0 Å². The quantitative estimate of drug-likeness (QED) is 0.684. The lowest BCUT2D eigenvalue weighted by molar-refractivity contribution is 0.0925. The Morgan fingerprint density at radius 2 is 1.77 bits per heavy atom. The van der Waals surface area contributed by atoms with Crippen molar-refractivity contribution in [2.45, 2.75) is 33.2 Å². The van der Waals surface area contributed by atoms with Crippen LogP contribution in [0, 0.1) is 20.8 Å². The molecule has 1 aromatic carbocycles. The predicted octanol–water partition coefficient (Wildman–Crippen LogP) is 2.78. The molecule has 0 bridgehead atoms. The van der Waals surface area contributed by atoms with E-state index in [2.05, 4.69) is 45.6 Å². The molecule has 1 aromatic heterocycles. The number of hydrogen-bond acceptors (Lipinski definition) is 5. The second kappa shape index (κ2) is 8.19. The van der Waals surface area contributed by atoms with Crippen LogP contribution in [0.4, 0.5) is 5.69 Å². The molecular weight excluding hydrogens is 398 g/mol. The standard InChI is InChI=1S/C23H31N3O3S/c1-17-6-4-5-7-22(17)25-11-9-24(10-12-25)15-23(27)21-14-18(2)26(19(21)3)20-8-13-30(28,29)16-20/h4-7,14,20H,8-13,15-16H2,1-3H3/t20-/m0/s1. The molecule has 30 heavy (non-hydrogen) atoms. The van der Waals surface area contributed by atoms with Gasteiger partial charge in [0.2, 0.25) is 0 Å². The van der Waals surface area contributed by atoms with E-state index in [4.69, 9.17) is 0 Å². The van der Waals surface area contributed by atoms with E-state index in [-0.39, 0.29) is 23.3 Å². The number of ketones is 1. The van der Waals surface area contributed by atoms with Gasteiger partial charge in [-0.05, 0) is 44.9 Å². The minimum Gasteiger partial charge on any atom is -0.369 e. The normalized spacial score (nSPS) is 21.8. The largest absolute Gasteiger partial charge is 0.369 e. The molecule has 0 aliphatic carbocycles. The van der Waals surface area contributed by atoms with Crippen molar-refractivity contribution in [1.29, 1.82) is 0 Å². The van der Waals surface area contributed by atoms with Gasteiger partial charge in [-0.25, -0.2) is 8.42 Å². The first kappa shape index (κ1) is 21.1. The van der Waals surface area contributed by atoms with Gasteiger partial charge in [0.05, 0.1) is 18.1 Å². The third-order valence-corrected chi connectivity index (χ3v) is 8.30. The molecule has 2 aliphatic heterocycles. The van der Waals surface area contributed by atoms with E-state index in [9.17, 15) is 13.2 Å². The molecule has 1 atom stereocenters. The molecule has 4 rings (SSSR count). The minimum absolute atomic E-state index is 0.0470. The molecule has 0 N–H and O–H groups in total. The average Bonchev–Trinajstić information content (AvgIpc) is 3.20. The Morgan fingerprint density at radius 1 is 1.07 bits per heavy atom. The molecule has 2 aromatic rings. The van der Waals surface area contributed by atoms with Crippen LogP contribution in [0.5, 0.6) is 0 Å². The highest BCUT2D eigenvalue weighted by atomic mass is 32.2. The number of nitrogens with zero attached hydrogens (tertiary/aromatic N) is 3. The van der Waals surface area contributed by atoms with E-state index < -0.39 is 9.84 Å². The van der Waals surface area contributed by atoms with Crippen LogP contribution in [0.1, 0.15) is 39.8 Å². The summed E-state index contributed by atoms with van der Waals surface area (Å²) >= 11 is 0. The van der Waals surface area contributed by atoms with E-state index >= 15 is 0 Å².